The fourth-order valence-electron chi connectivity index (χ4n) is 1.65. The Morgan fingerprint density at radius 1 is 1.14 bits per heavy atom. The van der Waals surface area contributed by atoms with Crippen molar-refractivity contribution in [3.63, 3.8) is 0 Å². The van der Waals surface area contributed by atoms with Crippen LogP contribution in [0.5, 0.6) is 5.75 Å². The maximum atomic E-state index is 13.3. The highest BCUT2D eigenvalue weighted by molar-refractivity contribution is 7.89. The average Bonchev–Trinajstić information content (AvgIpc) is 2.45. The van der Waals surface area contributed by atoms with Crippen molar-refractivity contribution < 1.29 is 21.9 Å². The summed E-state index contributed by atoms with van der Waals surface area (Å²) in [4.78, 5) is 0.0213. The molecule has 0 bridgehead atoms. The second kappa shape index (κ2) is 7.04. The van der Waals surface area contributed by atoms with E-state index in [4.69, 9.17) is 16.3 Å². The molecule has 0 aliphatic heterocycles. The molecule has 2 aromatic carbocycles. The van der Waals surface area contributed by atoms with Gasteiger partial charge in [-0.1, -0.05) is 17.7 Å². The molecule has 0 fully saturated rings. The summed E-state index contributed by atoms with van der Waals surface area (Å²) in [5.74, 6) is -1.72. The van der Waals surface area contributed by atoms with Crippen LogP contribution in [0.2, 0.25) is 5.02 Å². The molecule has 0 radical (unpaired) electrons. The van der Waals surface area contributed by atoms with Gasteiger partial charge in [0.2, 0.25) is 10.0 Å². The Balaban J connectivity index is 1.90. The maximum Gasteiger partial charge on any atom is 0.240 e. The lowest BCUT2D eigenvalue weighted by Gasteiger charge is -2.09. The van der Waals surface area contributed by atoms with Gasteiger partial charge < -0.3 is 4.74 Å². The summed E-state index contributed by atoms with van der Waals surface area (Å²) < 4.78 is 57.3. The van der Waals surface area contributed by atoms with E-state index in [-0.39, 0.29) is 23.8 Å². The van der Waals surface area contributed by atoms with Crippen molar-refractivity contribution in [2.24, 2.45) is 0 Å². The highest BCUT2D eigenvalue weighted by Gasteiger charge is 2.13. The zero-order valence-corrected chi connectivity index (χ0v) is 12.8. The Morgan fingerprint density at radius 2 is 1.91 bits per heavy atom. The van der Waals surface area contributed by atoms with Gasteiger partial charge >= 0.3 is 0 Å². The van der Waals surface area contributed by atoms with E-state index in [2.05, 4.69) is 4.72 Å². The second-order valence-corrected chi connectivity index (χ2v) is 6.48. The summed E-state index contributed by atoms with van der Waals surface area (Å²) in [6.07, 6.45) is 0. The van der Waals surface area contributed by atoms with Crippen LogP contribution in [-0.4, -0.2) is 21.6 Å². The van der Waals surface area contributed by atoms with E-state index < -0.39 is 21.7 Å². The van der Waals surface area contributed by atoms with E-state index in [0.29, 0.717) is 11.1 Å². The molecule has 118 valence electrons. The van der Waals surface area contributed by atoms with Crippen molar-refractivity contribution in [3.05, 3.63) is 59.1 Å². The largest absolute Gasteiger partial charge is 0.489 e. The molecular weight excluding hydrogens is 336 g/mol. The van der Waals surface area contributed by atoms with Crippen LogP contribution in [0, 0.1) is 11.6 Å². The lowest BCUT2D eigenvalue weighted by Crippen LogP contribution is -2.28. The summed E-state index contributed by atoms with van der Waals surface area (Å²) in [7, 11) is -3.72. The molecule has 0 atom stereocenters. The number of halogens is 3. The second-order valence-electron chi connectivity index (χ2n) is 4.28. The van der Waals surface area contributed by atoms with Crippen LogP contribution >= 0.6 is 11.6 Å². The fraction of sp³-hybridized carbons (Fsp3) is 0.143. The fourth-order valence-corrected chi connectivity index (χ4v) is 2.96. The lowest BCUT2D eigenvalue weighted by molar-refractivity contribution is 0.305. The van der Waals surface area contributed by atoms with E-state index in [1.54, 1.807) is 6.07 Å². The third kappa shape index (κ3) is 4.40. The molecule has 0 aromatic heterocycles. The summed E-state index contributed by atoms with van der Waals surface area (Å²) in [5, 5.41) is 0.299. The van der Waals surface area contributed by atoms with E-state index in [0.717, 1.165) is 12.1 Å². The molecular formula is C14H12ClF2NO3S. The number of hydrogen-bond acceptors (Lipinski definition) is 3. The minimum Gasteiger partial charge on any atom is -0.489 e. The highest BCUT2D eigenvalue weighted by atomic mass is 35.5. The van der Waals surface area contributed by atoms with Crippen molar-refractivity contribution in [2.45, 2.75) is 4.90 Å². The van der Waals surface area contributed by atoms with Gasteiger partial charge in [0.1, 0.15) is 12.4 Å². The van der Waals surface area contributed by atoms with Crippen molar-refractivity contribution >= 4 is 21.6 Å². The van der Waals surface area contributed by atoms with Crippen molar-refractivity contribution in [1.29, 1.82) is 0 Å². The predicted molar refractivity (Wildman–Crippen MR) is 78.5 cm³/mol. The lowest BCUT2D eigenvalue weighted by atomic mass is 10.3. The molecule has 0 unspecified atom stereocenters. The molecule has 0 saturated carbocycles. The topological polar surface area (TPSA) is 55.4 Å². The van der Waals surface area contributed by atoms with Gasteiger partial charge in [0.25, 0.3) is 0 Å². The van der Waals surface area contributed by atoms with Crippen LogP contribution in [0.4, 0.5) is 8.78 Å². The third-order valence-corrected chi connectivity index (χ3v) is 4.35. The summed E-state index contributed by atoms with van der Waals surface area (Å²) in [6, 6.07) is 8.65. The first-order valence-electron chi connectivity index (χ1n) is 6.21. The van der Waals surface area contributed by atoms with Crippen LogP contribution in [0.25, 0.3) is 0 Å². The number of hydrogen-bond donors (Lipinski definition) is 1. The molecule has 0 aliphatic carbocycles. The molecule has 0 saturated heterocycles. The monoisotopic (exact) mass is 347 g/mol. The molecule has 8 heteroatoms. The van der Waals surface area contributed by atoms with Gasteiger partial charge in [0.15, 0.2) is 11.6 Å². The first kappa shape index (κ1) is 16.7. The Morgan fingerprint density at radius 3 is 2.59 bits per heavy atom. The highest BCUT2D eigenvalue weighted by Crippen LogP contribution is 2.17. The Kier molecular flexibility index (Phi) is 5.33. The van der Waals surface area contributed by atoms with Gasteiger partial charge in [0.05, 0.1) is 4.90 Å². The molecule has 2 rings (SSSR count). The summed E-state index contributed by atoms with van der Waals surface area (Å²) in [5.41, 5.74) is 0. The first-order valence-corrected chi connectivity index (χ1v) is 8.08. The SMILES string of the molecule is O=S(=O)(NCCOc1ccc(F)cc1F)c1cccc(Cl)c1. The minimum atomic E-state index is -3.72. The molecule has 1 N–H and O–H groups in total. The minimum absolute atomic E-state index is 0.0213. The van der Waals surface area contributed by atoms with Gasteiger partial charge in [-0.2, -0.15) is 0 Å². The van der Waals surface area contributed by atoms with Gasteiger partial charge in [-0.3, -0.25) is 0 Å². The molecule has 2 aromatic rings. The van der Waals surface area contributed by atoms with Crippen LogP contribution in [0.15, 0.2) is 47.4 Å². The molecule has 0 aliphatic rings. The number of rotatable bonds is 6. The molecule has 0 heterocycles. The average molecular weight is 348 g/mol. The Hall–Kier alpha value is -1.70. The van der Waals surface area contributed by atoms with Crippen LogP contribution in [0.3, 0.4) is 0 Å². The summed E-state index contributed by atoms with van der Waals surface area (Å²) in [6.45, 7) is -0.186. The predicted octanol–water partition coefficient (Wildman–Crippen LogP) is 2.98. The van der Waals surface area contributed by atoms with Gasteiger partial charge in [-0.15, -0.1) is 0 Å². The Bertz CT molecular complexity index is 768. The smallest absolute Gasteiger partial charge is 0.240 e. The van der Waals surface area contributed by atoms with Crippen molar-refractivity contribution in [1.82, 2.24) is 4.72 Å². The standard InChI is InChI=1S/C14H12ClF2NO3S/c15-10-2-1-3-12(8-10)22(19,20)18-6-7-21-14-5-4-11(16)9-13(14)17/h1-5,8-9,18H,6-7H2. The Labute approximate surface area is 131 Å². The quantitative estimate of drug-likeness (QED) is 0.817. The zero-order chi connectivity index (χ0) is 16.2. The van der Waals surface area contributed by atoms with Crippen LogP contribution < -0.4 is 9.46 Å². The number of ether oxygens (including phenoxy) is 1. The van der Waals surface area contributed by atoms with E-state index in [1.807, 2.05) is 0 Å². The van der Waals surface area contributed by atoms with E-state index >= 15 is 0 Å². The molecule has 0 amide bonds. The van der Waals surface area contributed by atoms with Crippen molar-refractivity contribution in [2.75, 3.05) is 13.2 Å². The van der Waals surface area contributed by atoms with Gasteiger partial charge in [-0.05, 0) is 30.3 Å². The van der Waals surface area contributed by atoms with E-state index in [9.17, 15) is 17.2 Å². The van der Waals surface area contributed by atoms with Gasteiger partial charge in [-0.25, -0.2) is 21.9 Å². The van der Waals surface area contributed by atoms with Crippen LogP contribution in [-0.2, 0) is 10.0 Å². The number of sulfonamides is 1. The number of benzene rings is 2. The molecule has 22 heavy (non-hydrogen) atoms. The third-order valence-electron chi connectivity index (χ3n) is 2.65. The summed E-state index contributed by atoms with van der Waals surface area (Å²) >= 11 is 5.73. The van der Waals surface area contributed by atoms with Crippen molar-refractivity contribution in [3.8, 4) is 5.75 Å². The number of nitrogens with one attached hydrogen (secondary N) is 1. The van der Waals surface area contributed by atoms with Gasteiger partial charge in [0, 0.05) is 17.6 Å². The normalized spacial score (nSPS) is 11.4. The van der Waals surface area contributed by atoms with E-state index in [1.165, 1.54) is 18.2 Å². The molecule has 4 nitrogen and oxygen atoms in total. The first-order chi connectivity index (χ1) is 10.4. The molecule has 0 spiro atoms. The van der Waals surface area contributed by atoms with Crippen LogP contribution in [0.1, 0.15) is 0 Å². The maximum absolute atomic E-state index is 13.3. The zero-order valence-electron chi connectivity index (χ0n) is 11.2.